The molecule has 0 aliphatic heterocycles. The molecule has 0 unspecified atom stereocenters. The van der Waals surface area contributed by atoms with Gasteiger partial charge in [-0.2, -0.15) is 0 Å². The van der Waals surface area contributed by atoms with Crippen molar-refractivity contribution >= 4 is 37.2 Å². The van der Waals surface area contributed by atoms with E-state index < -0.39 is 15.0 Å². The first-order valence-electron chi connectivity index (χ1n) is 4.87. The Kier molecular flexibility index (Phi) is 5.40. The van der Waals surface area contributed by atoms with Crippen molar-refractivity contribution in [1.82, 2.24) is 5.32 Å². The monoisotopic (exact) mass is 311 g/mol. The number of amides is 1. The summed E-state index contributed by atoms with van der Waals surface area (Å²) in [6.45, 7) is 0.664. The molecule has 1 aromatic carbocycles. The fourth-order valence-corrected chi connectivity index (χ4v) is 2.31. The van der Waals surface area contributed by atoms with Gasteiger partial charge in [-0.15, -0.1) is 0 Å². The first-order chi connectivity index (χ1) is 8.34. The van der Waals surface area contributed by atoms with Crippen LogP contribution in [0, 0.1) is 0 Å². The van der Waals surface area contributed by atoms with E-state index in [1.807, 2.05) is 0 Å². The second-order valence-electron chi connectivity index (χ2n) is 3.36. The van der Waals surface area contributed by atoms with Crippen LogP contribution < -0.4 is 5.32 Å². The number of benzene rings is 1. The average molecular weight is 312 g/mol. The summed E-state index contributed by atoms with van der Waals surface area (Å²) in [5, 5.41) is 2.66. The zero-order chi connectivity index (χ0) is 13.8. The van der Waals surface area contributed by atoms with Crippen LogP contribution in [0.3, 0.4) is 0 Å². The van der Waals surface area contributed by atoms with Gasteiger partial charge >= 0.3 is 0 Å². The van der Waals surface area contributed by atoms with E-state index in [1.165, 1.54) is 19.2 Å². The topological polar surface area (TPSA) is 72.5 Å². The summed E-state index contributed by atoms with van der Waals surface area (Å²) in [5.41, 5.74) is 0.123. The number of carbonyl (C=O) groups is 1. The Morgan fingerprint density at radius 1 is 1.39 bits per heavy atom. The highest BCUT2D eigenvalue weighted by Gasteiger charge is 2.15. The molecule has 18 heavy (non-hydrogen) atoms. The molecule has 100 valence electrons. The Hall–Kier alpha value is -0.820. The summed E-state index contributed by atoms with van der Waals surface area (Å²) in [4.78, 5) is 11.5. The van der Waals surface area contributed by atoms with Crippen molar-refractivity contribution in [3.05, 3.63) is 28.8 Å². The summed E-state index contributed by atoms with van der Waals surface area (Å²) in [6.07, 6.45) is 0. The number of carbonyl (C=O) groups excluding carboxylic acids is 1. The number of nitrogens with one attached hydrogen (secondary N) is 1. The maximum atomic E-state index is 11.7. The quantitative estimate of drug-likeness (QED) is 0.663. The fourth-order valence-electron chi connectivity index (χ4n) is 1.20. The molecule has 0 saturated carbocycles. The molecule has 0 heterocycles. The SMILES string of the molecule is COCCNC(=O)c1cc(Cl)cc(S(=O)(=O)Cl)c1. The molecule has 8 heteroatoms. The summed E-state index contributed by atoms with van der Waals surface area (Å²) in [5.74, 6) is -0.448. The van der Waals surface area contributed by atoms with Gasteiger partial charge in [0.2, 0.25) is 0 Å². The largest absolute Gasteiger partial charge is 0.383 e. The Labute approximate surface area is 114 Å². The van der Waals surface area contributed by atoms with Crippen molar-refractivity contribution in [2.45, 2.75) is 4.90 Å². The molecule has 0 aliphatic carbocycles. The van der Waals surface area contributed by atoms with Gasteiger partial charge in [-0.1, -0.05) is 11.6 Å². The van der Waals surface area contributed by atoms with E-state index in [4.69, 9.17) is 27.0 Å². The second-order valence-corrected chi connectivity index (χ2v) is 6.36. The first-order valence-corrected chi connectivity index (χ1v) is 7.55. The van der Waals surface area contributed by atoms with E-state index in [0.29, 0.717) is 13.2 Å². The van der Waals surface area contributed by atoms with Crippen LogP contribution in [-0.2, 0) is 13.8 Å². The first kappa shape index (κ1) is 15.2. The minimum Gasteiger partial charge on any atom is -0.383 e. The van der Waals surface area contributed by atoms with E-state index in [-0.39, 0.29) is 15.5 Å². The Bertz CT molecular complexity index is 545. The van der Waals surface area contributed by atoms with Gasteiger partial charge in [0.15, 0.2) is 0 Å². The van der Waals surface area contributed by atoms with E-state index in [2.05, 4.69) is 5.32 Å². The molecule has 1 rings (SSSR count). The molecule has 1 aromatic rings. The third kappa shape index (κ3) is 4.45. The van der Waals surface area contributed by atoms with E-state index in [0.717, 1.165) is 6.07 Å². The van der Waals surface area contributed by atoms with Crippen LogP contribution in [0.1, 0.15) is 10.4 Å². The highest BCUT2D eigenvalue weighted by molar-refractivity contribution is 8.13. The van der Waals surface area contributed by atoms with Crippen molar-refractivity contribution in [2.24, 2.45) is 0 Å². The minimum absolute atomic E-state index is 0.119. The Balaban J connectivity index is 2.96. The number of rotatable bonds is 5. The molecule has 5 nitrogen and oxygen atoms in total. The van der Waals surface area contributed by atoms with Crippen LogP contribution in [0.2, 0.25) is 5.02 Å². The Morgan fingerprint density at radius 3 is 2.61 bits per heavy atom. The predicted octanol–water partition coefficient (Wildman–Crippen LogP) is 1.64. The third-order valence-corrected chi connectivity index (χ3v) is 3.56. The molecule has 0 bridgehead atoms. The molecule has 0 saturated heterocycles. The van der Waals surface area contributed by atoms with Crippen molar-refractivity contribution in [3.8, 4) is 0 Å². The zero-order valence-corrected chi connectivity index (χ0v) is 11.8. The van der Waals surface area contributed by atoms with Crippen LogP contribution in [0.25, 0.3) is 0 Å². The molecule has 0 spiro atoms. The van der Waals surface area contributed by atoms with Gasteiger partial charge in [0, 0.05) is 34.9 Å². The van der Waals surface area contributed by atoms with Crippen molar-refractivity contribution < 1.29 is 17.9 Å². The van der Waals surface area contributed by atoms with Gasteiger partial charge in [-0.05, 0) is 18.2 Å². The summed E-state index contributed by atoms with van der Waals surface area (Å²) in [6, 6.07) is 3.70. The van der Waals surface area contributed by atoms with Gasteiger partial charge in [0.1, 0.15) is 0 Å². The molecular formula is C10H11Cl2NO4S. The summed E-state index contributed by atoms with van der Waals surface area (Å²) >= 11 is 5.73. The molecule has 0 fully saturated rings. The van der Waals surface area contributed by atoms with Crippen molar-refractivity contribution in [3.63, 3.8) is 0 Å². The lowest BCUT2D eigenvalue weighted by Crippen LogP contribution is -2.27. The lowest BCUT2D eigenvalue weighted by Gasteiger charge is -2.06. The van der Waals surface area contributed by atoms with E-state index >= 15 is 0 Å². The summed E-state index contributed by atoms with van der Waals surface area (Å²) in [7, 11) is 2.78. The van der Waals surface area contributed by atoms with Crippen LogP contribution in [0.5, 0.6) is 0 Å². The third-order valence-electron chi connectivity index (χ3n) is 2.01. The van der Waals surface area contributed by atoms with E-state index in [9.17, 15) is 13.2 Å². The number of methoxy groups -OCH3 is 1. The zero-order valence-electron chi connectivity index (χ0n) is 9.44. The van der Waals surface area contributed by atoms with Crippen LogP contribution in [0.4, 0.5) is 0 Å². The molecule has 0 aliphatic rings. The minimum atomic E-state index is -3.92. The smallest absolute Gasteiger partial charge is 0.261 e. The predicted molar refractivity (Wildman–Crippen MR) is 68.7 cm³/mol. The lowest BCUT2D eigenvalue weighted by atomic mass is 10.2. The molecule has 1 amide bonds. The van der Waals surface area contributed by atoms with Gasteiger partial charge in [0.25, 0.3) is 15.0 Å². The number of hydrogen-bond acceptors (Lipinski definition) is 4. The standard InChI is InChI=1S/C10H11Cl2NO4S/c1-17-3-2-13-10(14)7-4-8(11)6-9(5-7)18(12,15)16/h4-6H,2-3H2,1H3,(H,13,14). The molecular weight excluding hydrogens is 301 g/mol. The maximum Gasteiger partial charge on any atom is 0.261 e. The van der Waals surface area contributed by atoms with Crippen LogP contribution in [-0.4, -0.2) is 34.6 Å². The van der Waals surface area contributed by atoms with Gasteiger partial charge in [-0.25, -0.2) is 8.42 Å². The normalized spacial score (nSPS) is 11.3. The van der Waals surface area contributed by atoms with E-state index in [1.54, 1.807) is 0 Å². The fraction of sp³-hybridized carbons (Fsp3) is 0.300. The number of halogens is 2. The molecule has 0 aromatic heterocycles. The van der Waals surface area contributed by atoms with Gasteiger partial charge in [-0.3, -0.25) is 4.79 Å². The van der Waals surface area contributed by atoms with Crippen LogP contribution in [0.15, 0.2) is 23.1 Å². The average Bonchev–Trinajstić information content (AvgIpc) is 2.27. The second kappa shape index (κ2) is 6.38. The Morgan fingerprint density at radius 2 is 2.06 bits per heavy atom. The summed E-state index contributed by atoms with van der Waals surface area (Å²) < 4.78 is 27.1. The van der Waals surface area contributed by atoms with Crippen molar-refractivity contribution in [2.75, 3.05) is 20.3 Å². The van der Waals surface area contributed by atoms with Crippen LogP contribution >= 0.6 is 22.3 Å². The molecule has 1 N–H and O–H groups in total. The molecule has 0 radical (unpaired) electrons. The molecule has 0 atom stereocenters. The highest BCUT2D eigenvalue weighted by atomic mass is 35.7. The lowest BCUT2D eigenvalue weighted by molar-refractivity contribution is 0.0937. The van der Waals surface area contributed by atoms with Crippen molar-refractivity contribution in [1.29, 1.82) is 0 Å². The van der Waals surface area contributed by atoms with Gasteiger partial charge < -0.3 is 10.1 Å². The number of hydrogen-bond donors (Lipinski definition) is 1. The number of ether oxygens (including phenoxy) is 1. The highest BCUT2D eigenvalue weighted by Crippen LogP contribution is 2.21. The maximum absolute atomic E-state index is 11.7. The van der Waals surface area contributed by atoms with Gasteiger partial charge in [0.05, 0.1) is 11.5 Å².